The first-order chi connectivity index (χ1) is 9.61. The van der Waals surface area contributed by atoms with Crippen molar-refractivity contribution >= 4 is 23.2 Å². The van der Waals surface area contributed by atoms with Crippen molar-refractivity contribution in [2.75, 3.05) is 7.05 Å². The van der Waals surface area contributed by atoms with E-state index in [4.69, 9.17) is 27.9 Å². The van der Waals surface area contributed by atoms with E-state index in [-0.39, 0.29) is 12.4 Å². The average molecular weight is 314 g/mol. The third-order valence-electron chi connectivity index (χ3n) is 2.80. The quantitative estimate of drug-likeness (QED) is 0.881. The monoisotopic (exact) mass is 313 g/mol. The summed E-state index contributed by atoms with van der Waals surface area (Å²) in [7, 11) is 1.79. The number of hydrogen-bond donors (Lipinski definition) is 1. The summed E-state index contributed by atoms with van der Waals surface area (Å²) < 4.78 is 18.9. The van der Waals surface area contributed by atoms with Crippen LogP contribution in [0, 0.1) is 5.82 Å². The molecule has 2 aromatic rings. The molecule has 0 bridgehead atoms. The summed E-state index contributed by atoms with van der Waals surface area (Å²) >= 11 is 12.1. The van der Waals surface area contributed by atoms with Gasteiger partial charge in [-0.1, -0.05) is 35.3 Å². The van der Waals surface area contributed by atoms with E-state index in [0.29, 0.717) is 22.3 Å². The molecule has 0 radical (unpaired) electrons. The molecule has 0 aromatic heterocycles. The normalized spacial score (nSPS) is 10.6. The van der Waals surface area contributed by atoms with Crippen molar-refractivity contribution in [3.63, 3.8) is 0 Å². The van der Waals surface area contributed by atoms with Gasteiger partial charge in [0, 0.05) is 17.7 Å². The third kappa shape index (κ3) is 3.63. The van der Waals surface area contributed by atoms with E-state index in [2.05, 4.69) is 5.32 Å². The first-order valence-electron chi connectivity index (χ1n) is 6.10. The Labute approximate surface area is 127 Å². The van der Waals surface area contributed by atoms with E-state index in [9.17, 15) is 4.39 Å². The van der Waals surface area contributed by atoms with Gasteiger partial charge in [0.2, 0.25) is 0 Å². The minimum Gasteiger partial charge on any atom is -0.489 e. The Morgan fingerprint density at radius 2 is 1.95 bits per heavy atom. The molecule has 0 aliphatic rings. The zero-order chi connectivity index (χ0) is 14.5. The van der Waals surface area contributed by atoms with Crippen LogP contribution in [0.25, 0.3) is 0 Å². The van der Waals surface area contributed by atoms with E-state index in [0.717, 1.165) is 11.1 Å². The highest BCUT2D eigenvalue weighted by Gasteiger charge is 2.08. The van der Waals surface area contributed by atoms with Gasteiger partial charge >= 0.3 is 0 Å². The minimum atomic E-state index is -0.289. The summed E-state index contributed by atoms with van der Waals surface area (Å²) in [5, 5.41) is 3.94. The number of benzene rings is 2. The molecule has 0 unspecified atom stereocenters. The van der Waals surface area contributed by atoms with Gasteiger partial charge in [-0.25, -0.2) is 4.39 Å². The number of halogens is 3. The summed E-state index contributed by atoms with van der Waals surface area (Å²) in [5.41, 5.74) is 1.55. The molecule has 1 N–H and O–H groups in total. The Morgan fingerprint density at radius 1 is 1.15 bits per heavy atom. The largest absolute Gasteiger partial charge is 0.489 e. The van der Waals surface area contributed by atoms with Crippen molar-refractivity contribution in [3.8, 4) is 5.75 Å². The minimum absolute atomic E-state index is 0.280. The molecule has 0 fully saturated rings. The average Bonchev–Trinajstić information content (AvgIpc) is 2.42. The molecule has 0 saturated carbocycles. The van der Waals surface area contributed by atoms with E-state index in [1.54, 1.807) is 19.2 Å². The summed E-state index contributed by atoms with van der Waals surface area (Å²) in [4.78, 5) is 0. The van der Waals surface area contributed by atoms with Crippen molar-refractivity contribution in [1.29, 1.82) is 0 Å². The molecule has 106 valence electrons. The molecule has 5 heteroatoms. The number of nitrogens with one attached hydrogen (secondary N) is 1. The van der Waals surface area contributed by atoms with Gasteiger partial charge in [0.15, 0.2) is 0 Å². The second-order valence-corrected chi connectivity index (χ2v) is 5.07. The van der Waals surface area contributed by atoms with Crippen molar-refractivity contribution in [2.24, 2.45) is 0 Å². The molecule has 20 heavy (non-hydrogen) atoms. The van der Waals surface area contributed by atoms with E-state index in [1.165, 1.54) is 12.1 Å². The second kappa shape index (κ2) is 6.93. The van der Waals surface area contributed by atoms with Crippen molar-refractivity contribution in [1.82, 2.24) is 5.32 Å². The smallest absolute Gasteiger partial charge is 0.124 e. The lowest BCUT2D eigenvalue weighted by molar-refractivity contribution is 0.302. The van der Waals surface area contributed by atoms with Crippen LogP contribution < -0.4 is 10.1 Å². The summed E-state index contributed by atoms with van der Waals surface area (Å²) in [5.74, 6) is 0.334. The van der Waals surface area contributed by atoms with E-state index < -0.39 is 0 Å². The van der Waals surface area contributed by atoms with Crippen LogP contribution in [0.15, 0.2) is 36.4 Å². The predicted molar refractivity (Wildman–Crippen MR) is 80.0 cm³/mol. The summed E-state index contributed by atoms with van der Waals surface area (Å²) in [6, 6.07) is 9.80. The van der Waals surface area contributed by atoms with Crippen LogP contribution in [0.2, 0.25) is 10.0 Å². The molecular formula is C15H14Cl2FNO. The maximum Gasteiger partial charge on any atom is 0.124 e. The number of rotatable bonds is 5. The fraction of sp³-hybridized carbons (Fsp3) is 0.200. The van der Waals surface area contributed by atoms with Crippen LogP contribution in [0.3, 0.4) is 0 Å². The Balaban J connectivity index is 2.16. The molecule has 0 aliphatic heterocycles. The van der Waals surface area contributed by atoms with Crippen LogP contribution in [-0.2, 0) is 13.2 Å². The van der Waals surface area contributed by atoms with Gasteiger partial charge in [0.1, 0.15) is 18.2 Å². The second-order valence-electron chi connectivity index (χ2n) is 4.28. The van der Waals surface area contributed by atoms with Crippen molar-refractivity contribution < 1.29 is 9.13 Å². The Kier molecular flexibility index (Phi) is 5.24. The van der Waals surface area contributed by atoms with Crippen LogP contribution >= 0.6 is 23.2 Å². The molecule has 0 amide bonds. The van der Waals surface area contributed by atoms with Crippen LogP contribution in [-0.4, -0.2) is 7.05 Å². The SMILES string of the molecule is CNCc1cc(F)ccc1OCc1cccc(Cl)c1Cl. The van der Waals surface area contributed by atoms with Crippen LogP contribution in [0.1, 0.15) is 11.1 Å². The van der Waals surface area contributed by atoms with Crippen LogP contribution in [0.5, 0.6) is 5.75 Å². The van der Waals surface area contributed by atoms with Gasteiger partial charge in [-0.2, -0.15) is 0 Å². The van der Waals surface area contributed by atoms with E-state index in [1.807, 2.05) is 12.1 Å². The van der Waals surface area contributed by atoms with Gasteiger partial charge in [0.25, 0.3) is 0 Å². The zero-order valence-electron chi connectivity index (χ0n) is 10.9. The topological polar surface area (TPSA) is 21.3 Å². The third-order valence-corrected chi connectivity index (χ3v) is 3.66. The maximum atomic E-state index is 13.2. The molecule has 0 saturated heterocycles. The molecule has 2 nitrogen and oxygen atoms in total. The van der Waals surface area contributed by atoms with Gasteiger partial charge in [0.05, 0.1) is 10.0 Å². The van der Waals surface area contributed by atoms with Crippen LogP contribution in [0.4, 0.5) is 4.39 Å². The highest BCUT2D eigenvalue weighted by molar-refractivity contribution is 6.42. The lowest BCUT2D eigenvalue weighted by atomic mass is 10.2. The molecular weight excluding hydrogens is 300 g/mol. The highest BCUT2D eigenvalue weighted by Crippen LogP contribution is 2.27. The lowest BCUT2D eigenvalue weighted by Crippen LogP contribution is -2.08. The van der Waals surface area contributed by atoms with Gasteiger partial charge in [-0.3, -0.25) is 0 Å². The molecule has 0 spiro atoms. The highest BCUT2D eigenvalue weighted by atomic mass is 35.5. The van der Waals surface area contributed by atoms with Crippen molar-refractivity contribution in [3.05, 3.63) is 63.4 Å². The molecule has 0 heterocycles. The lowest BCUT2D eigenvalue weighted by Gasteiger charge is -2.12. The first-order valence-corrected chi connectivity index (χ1v) is 6.86. The predicted octanol–water partition coefficient (Wildman–Crippen LogP) is 4.43. The molecule has 0 atom stereocenters. The van der Waals surface area contributed by atoms with Gasteiger partial charge < -0.3 is 10.1 Å². The number of ether oxygens (including phenoxy) is 1. The summed E-state index contributed by atoms with van der Waals surface area (Å²) in [6.07, 6.45) is 0. The summed E-state index contributed by atoms with van der Waals surface area (Å²) in [6.45, 7) is 0.804. The van der Waals surface area contributed by atoms with Gasteiger partial charge in [-0.15, -0.1) is 0 Å². The number of hydrogen-bond acceptors (Lipinski definition) is 2. The van der Waals surface area contributed by atoms with E-state index >= 15 is 0 Å². The maximum absolute atomic E-state index is 13.2. The van der Waals surface area contributed by atoms with Crippen molar-refractivity contribution in [2.45, 2.75) is 13.2 Å². The Morgan fingerprint density at radius 3 is 2.70 bits per heavy atom. The molecule has 0 aliphatic carbocycles. The fourth-order valence-electron chi connectivity index (χ4n) is 1.83. The fourth-order valence-corrected chi connectivity index (χ4v) is 2.21. The zero-order valence-corrected chi connectivity index (χ0v) is 12.4. The standard InChI is InChI=1S/C15H14Cl2FNO/c1-19-8-11-7-12(18)5-6-14(11)20-9-10-3-2-4-13(16)15(10)17/h2-7,19H,8-9H2,1H3. The van der Waals surface area contributed by atoms with Gasteiger partial charge in [-0.05, 0) is 31.3 Å². The molecule has 2 rings (SSSR count). The Bertz CT molecular complexity index is 604. The molecule has 2 aromatic carbocycles. The Hall–Kier alpha value is -1.29. The first kappa shape index (κ1) is 15.1.